The molecule has 0 aromatic rings. The molecule has 0 heterocycles. The summed E-state index contributed by atoms with van der Waals surface area (Å²) in [6.45, 7) is 1.94. The minimum atomic E-state index is -0.376. The Balaban J connectivity index is 1.11. The Bertz CT molecular complexity index is 617. The summed E-state index contributed by atoms with van der Waals surface area (Å²) >= 11 is 0. The average Bonchev–Trinajstić information content (AvgIpc) is 3.39. The van der Waals surface area contributed by atoms with Crippen LogP contribution in [0.4, 0.5) is 0 Å². The quantitative estimate of drug-likeness (QED) is 0.330. The minimum absolute atomic E-state index is 0.0273. The van der Waals surface area contributed by atoms with E-state index in [1.165, 1.54) is 32.1 Å². The Morgan fingerprint density at radius 1 is 1.08 bits per heavy atom. The van der Waals surface area contributed by atoms with Gasteiger partial charge >= 0.3 is 5.97 Å². The van der Waals surface area contributed by atoms with Gasteiger partial charge in [0.05, 0.1) is 11.5 Å². The highest BCUT2D eigenvalue weighted by atomic mass is 16.7. The third-order valence-corrected chi connectivity index (χ3v) is 8.95. The molecular weight excluding hydrogens is 312 g/mol. The molecule has 5 saturated carbocycles. The van der Waals surface area contributed by atoms with Gasteiger partial charge in [0.15, 0.2) is 0 Å². The number of hydrogen-bond acceptors (Lipinski definition) is 3. The lowest BCUT2D eigenvalue weighted by Gasteiger charge is -2.36. The standard InChI is InChI=1S/C22H30O3/c1-12(25-22-6-4-13(11-22)5-7-22)24-21(23)18-10-16-9-17(18)20-15-3-2-14(8-15)19(16)20/h2-3,12-20H,4-11H2,1H3. The minimum Gasteiger partial charge on any atom is -0.436 e. The smallest absolute Gasteiger partial charge is 0.311 e. The fourth-order valence-electron chi connectivity index (χ4n) is 8.22. The number of ether oxygens (including phenoxy) is 2. The molecule has 3 heteroatoms. The number of fused-ring (bicyclic) bond motifs is 11. The lowest BCUT2D eigenvalue weighted by atomic mass is 9.69. The van der Waals surface area contributed by atoms with E-state index in [9.17, 15) is 4.79 Å². The molecular formula is C22H30O3. The van der Waals surface area contributed by atoms with Crippen LogP contribution in [0.5, 0.6) is 0 Å². The van der Waals surface area contributed by atoms with Gasteiger partial charge in [-0.15, -0.1) is 0 Å². The van der Waals surface area contributed by atoms with E-state index in [4.69, 9.17) is 9.47 Å². The van der Waals surface area contributed by atoms with Crippen LogP contribution in [0.2, 0.25) is 0 Å². The number of esters is 1. The second-order valence-electron chi connectivity index (χ2n) is 10.1. The van der Waals surface area contributed by atoms with Crippen LogP contribution in [0.15, 0.2) is 12.2 Å². The lowest BCUT2D eigenvalue weighted by Crippen LogP contribution is -2.38. The van der Waals surface area contributed by atoms with Gasteiger partial charge in [-0.2, -0.15) is 0 Å². The zero-order valence-electron chi connectivity index (χ0n) is 15.2. The highest BCUT2D eigenvalue weighted by Gasteiger charge is 2.62. The maximum absolute atomic E-state index is 12.9. The predicted molar refractivity (Wildman–Crippen MR) is 93.4 cm³/mol. The van der Waals surface area contributed by atoms with Crippen molar-refractivity contribution in [1.82, 2.24) is 0 Å². The van der Waals surface area contributed by atoms with E-state index < -0.39 is 0 Å². The summed E-state index contributed by atoms with van der Waals surface area (Å²) in [5.41, 5.74) is 0.0273. The molecule has 6 aliphatic carbocycles. The highest BCUT2D eigenvalue weighted by Crippen LogP contribution is 2.67. The molecule has 5 fully saturated rings. The van der Waals surface area contributed by atoms with E-state index in [0.29, 0.717) is 5.92 Å². The van der Waals surface area contributed by atoms with Crippen molar-refractivity contribution in [1.29, 1.82) is 0 Å². The highest BCUT2D eigenvalue weighted by molar-refractivity contribution is 5.73. The van der Waals surface area contributed by atoms with Crippen LogP contribution < -0.4 is 0 Å². The Hall–Kier alpha value is -0.830. The van der Waals surface area contributed by atoms with Gasteiger partial charge in [-0.25, -0.2) is 0 Å². The first kappa shape index (κ1) is 15.2. The van der Waals surface area contributed by atoms with Gasteiger partial charge in [0.25, 0.3) is 0 Å². The zero-order chi connectivity index (χ0) is 16.8. The Kier molecular flexibility index (Phi) is 3.12. The van der Waals surface area contributed by atoms with Crippen molar-refractivity contribution in [3.05, 3.63) is 12.2 Å². The summed E-state index contributed by atoms with van der Waals surface area (Å²) in [5, 5.41) is 0. The maximum atomic E-state index is 12.9. The first-order valence-electron chi connectivity index (χ1n) is 10.7. The fraction of sp³-hybridized carbons (Fsp3) is 0.864. The third kappa shape index (κ3) is 2.11. The van der Waals surface area contributed by atoms with E-state index >= 15 is 0 Å². The van der Waals surface area contributed by atoms with Gasteiger partial charge in [-0.05, 0) is 99.7 Å². The van der Waals surface area contributed by atoms with Crippen LogP contribution in [0.1, 0.15) is 58.3 Å². The van der Waals surface area contributed by atoms with Gasteiger partial charge in [-0.3, -0.25) is 4.79 Å². The SMILES string of the molecule is CC(OC(=O)C1CC2CC1C1C3C=CC(C3)C21)OC12CCC(CC1)C2. The number of carbonyl (C=O) groups excluding carboxylic acids is 1. The lowest BCUT2D eigenvalue weighted by molar-refractivity contribution is -0.210. The molecule has 0 aliphatic heterocycles. The monoisotopic (exact) mass is 342 g/mol. The summed E-state index contributed by atoms with van der Waals surface area (Å²) < 4.78 is 12.1. The third-order valence-electron chi connectivity index (χ3n) is 8.95. The molecule has 6 rings (SSSR count). The van der Waals surface area contributed by atoms with E-state index in [0.717, 1.165) is 54.8 Å². The molecule has 25 heavy (non-hydrogen) atoms. The molecule has 8 atom stereocenters. The van der Waals surface area contributed by atoms with Gasteiger partial charge in [-0.1, -0.05) is 12.2 Å². The number of rotatable bonds is 4. The predicted octanol–water partition coefficient (Wildman–Crippen LogP) is 4.32. The van der Waals surface area contributed by atoms with Crippen LogP contribution in [-0.2, 0) is 14.3 Å². The number of carbonyl (C=O) groups is 1. The second-order valence-corrected chi connectivity index (χ2v) is 10.1. The van der Waals surface area contributed by atoms with Crippen molar-refractivity contribution < 1.29 is 14.3 Å². The Labute approximate surface area is 150 Å². The molecule has 0 saturated heterocycles. The molecule has 0 aromatic carbocycles. The van der Waals surface area contributed by atoms with Crippen molar-refractivity contribution in [2.24, 2.45) is 47.3 Å². The molecule has 0 N–H and O–H groups in total. The maximum Gasteiger partial charge on any atom is 0.311 e. The van der Waals surface area contributed by atoms with Crippen molar-refractivity contribution in [2.75, 3.05) is 0 Å². The molecule has 3 nitrogen and oxygen atoms in total. The molecule has 0 amide bonds. The van der Waals surface area contributed by atoms with Crippen LogP contribution in [-0.4, -0.2) is 17.9 Å². The molecule has 0 radical (unpaired) electrons. The van der Waals surface area contributed by atoms with Crippen molar-refractivity contribution >= 4 is 5.97 Å². The molecule has 8 unspecified atom stereocenters. The summed E-state index contributed by atoms with van der Waals surface area (Å²) in [6, 6.07) is 0. The largest absolute Gasteiger partial charge is 0.436 e. The Morgan fingerprint density at radius 2 is 1.84 bits per heavy atom. The van der Waals surface area contributed by atoms with E-state index in [1.807, 2.05) is 6.92 Å². The number of allylic oxidation sites excluding steroid dienone is 2. The van der Waals surface area contributed by atoms with Gasteiger partial charge in [0.2, 0.25) is 6.29 Å². The van der Waals surface area contributed by atoms with Crippen molar-refractivity contribution in [2.45, 2.75) is 70.2 Å². The summed E-state index contributed by atoms with van der Waals surface area (Å²) in [4.78, 5) is 12.9. The average molecular weight is 342 g/mol. The van der Waals surface area contributed by atoms with Gasteiger partial charge < -0.3 is 9.47 Å². The molecule has 0 spiro atoms. The van der Waals surface area contributed by atoms with E-state index in [1.54, 1.807) is 0 Å². The van der Waals surface area contributed by atoms with Gasteiger partial charge in [0.1, 0.15) is 0 Å². The van der Waals surface area contributed by atoms with Crippen LogP contribution >= 0.6 is 0 Å². The summed E-state index contributed by atoms with van der Waals surface area (Å²) in [5.74, 6) is 5.61. The van der Waals surface area contributed by atoms with E-state index in [2.05, 4.69) is 12.2 Å². The Morgan fingerprint density at radius 3 is 2.56 bits per heavy atom. The molecule has 0 aromatic heterocycles. The molecule has 6 aliphatic rings. The van der Waals surface area contributed by atoms with Crippen LogP contribution in [0, 0.1) is 47.3 Å². The van der Waals surface area contributed by atoms with Crippen molar-refractivity contribution in [3.8, 4) is 0 Å². The van der Waals surface area contributed by atoms with Crippen LogP contribution in [0.25, 0.3) is 0 Å². The van der Waals surface area contributed by atoms with E-state index in [-0.39, 0.29) is 23.8 Å². The van der Waals surface area contributed by atoms with Crippen molar-refractivity contribution in [3.63, 3.8) is 0 Å². The zero-order valence-corrected chi connectivity index (χ0v) is 15.2. The fourth-order valence-corrected chi connectivity index (χ4v) is 8.22. The first-order valence-corrected chi connectivity index (χ1v) is 10.7. The molecule has 136 valence electrons. The topological polar surface area (TPSA) is 35.5 Å². The first-order chi connectivity index (χ1) is 12.1. The second kappa shape index (κ2) is 5.12. The van der Waals surface area contributed by atoms with Gasteiger partial charge in [0, 0.05) is 0 Å². The number of hydrogen-bond donors (Lipinski definition) is 0. The molecule has 6 bridgehead atoms. The summed E-state index contributed by atoms with van der Waals surface area (Å²) in [7, 11) is 0. The summed E-state index contributed by atoms with van der Waals surface area (Å²) in [6.07, 6.45) is 14.3. The van der Waals surface area contributed by atoms with Crippen LogP contribution in [0.3, 0.4) is 0 Å². The normalized spacial score (nSPS) is 55.1.